The van der Waals surface area contributed by atoms with Crippen molar-refractivity contribution in [1.82, 2.24) is 5.43 Å². The number of nitrogens with one attached hydrogen (secondary N) is 2. The summed E-state index contributed by atoms with van der Waals surface area (Å²) >= 11 is 0. The highest BCUT2D eigenvalue weighted by molar-refractivity contribution is 6.06. The average molecular weight is 506 g/mol. The van der Waals surface area contributed by atoms with Crippen molar-refractivity contribution in [3.8, 4) is 23.0 Å². The minimum Gasteiger partial charge on any atom is -0.457 e. The summed E-state index contributed by atoms with van der Waals surface area (Å²) in [5.74, 6) is 1.36. The van der Waals surface area contributed by atoms with Crippen LogP contribution in [0.3, 0.4) is 0 Å². The average Bonchev–Trinajstić information content (AvgIpc) is 3.42. The van der Waals surface area contributed by atoms with Crippen molar-refractivity contribution in [3.63, 3.8) is 0 Å². The molecule has 8 nitrogen and oxygen atoms in total. The van der Waals surface area contributed by atoms with Crippen molar-refractivity contribution in [2.75, 3.05) is 12.1 Å². The van der Waals surface area contributed by atoms with Crippen molar-refractivity contribution >= 4 is 23.2 Å². The van der Waals surface area contributed by atoms with E-state index in [9.17, 15) is 9.59 Å². The van der Waals surface area contributed by atoms with E-state index < -0.39 is 5.92 Å². The molecular weight excluding hydrogens is 482 g/mol. The molecule has 2 heterocycles. The lowest BCUT2D eigenvalue weighted by Crippen LogP contribution is -2.29. The van der Waals surface area contributed by atoms with Gasteiger partial charge in [-0.05, 0) is 55.0 Å². The van der Waals surface area contributed by atoms with Gasteiger partial charge in [0.05, 0.1) is 11.6 Å². The van der Waals surface area contributed by atoms with Crippen LogP contribution in [0.25, 0.3) is 0 Å². The lowest BCUT2D eigenvalue weighted by Gasteiger charge is -2.26. The number of fused-ring (bicyclic) bond motifs is 3. The SMILES string of the molecule is C/C(=N/NC(=O)C1c2ccccc2Oc2ccccc21)c1cccc(NC(=O)c2ccc3c(c2)OCO3)c1. The molecule has 4 aromatic rings. The molecule has 2 aliphatic rings. The molecule has 0 saturated heterocycles. The number of nitrogens with zero attached hydrogens (tertiary/aromatic N) is 1. The fraction of sp³-hybridized carbons (Fsp3) is 0.100. The molecule has 0 aliphatic carbocycles. The zero-order chi connectivity index (χ0) is 26.1. The maximum absolute atomic E-state index is 13.4. The predicted octanol–water partition coefficient (Wildman–Crippen LogP) is 5.45. The van der Waals surface area contributed by atoms with Gasteiger partial charge in [0.25, 0.3) is 11.8 Å². The fourth-order valence-electron chi connectivity index (χ4n) is 4.52. The van der Waals surface area contributed by atoms with Gasteiger partial charge in [0, 0.05) is 22.4 Å². The van der Waals surface area contributed by atoms with E-state index in [4.69, 9.17) is 14.2 Å². The Hall–Kier alpha value is -5.11. The van der Waals surface area contributed by atoms with Crippen molar-refractivity contribution in [1.29, 1.82) is 0 Å². The molecule has 2 amide bonds. The summed E-state index contributed by atoms with van der Waals surface area (Å²) in [6.45, 7) is 1.94. The van der Waals surface area contributed by atoms with Gasteiger partial charge in [-0.25, -0.2) is 5.43 Å². The Kier molecular flexibility index (Phi) is 5.97. The molecule has 188 valence electrons. The highest BCUT2D eigenvalue weighted by Crippen LogP contribution is 2.43. The first-order chi connectivity index (χ1) is 18.6. The second kappa shape index (κ2) is 9.74. The standard InChI is InChI=1S/C30H23N3O5/c1-18(19-7-6-8-21(15-19)31-29(34)20-13-14-26-27(16-20)37-17-36-26)32-33-30(35)28-22-9-2-4-11-24(22)38-25-12-5-3-10-23(25)28/h2-16,28H,17H2,1H3,(H,31,34)(H,33,35)/b32-18-. The van der Waals surface area contributed by atoms with Crippen LogP contribution in [0.5, 0.6) is 23.0 Å². The van der Waals surface area contributed by atoms with E-state index in [0.29, 0.717) is 40.0 Å². The number of para-hydroxylation sites is 2. The summed E-state index contributed by atoms with van der Waals surface area (Å²) in [6.07, 6.45) is 0. The van der Waals surface area contributed by atoms with Crippen LogP contribution in [0.4, 0.5) is 5.69 Å². The minimum absolute atomic E-state index is 0.144. The van der Waals surface area contributed by atoms with Gasteiger partial charge in [-0.15, -0.1) is 0 Å². The van der Waals surface area contributed by atoms with E-state index in [1.54, 1.807) is 37.3 Å². The molecule has 6 rings (SSSR count). The molecule has 0 radical (unpaired) electrons. The first kappa shape index (κ1) is 23.3. The molecule has 0 atom stereocenters. The van der Waals surface area contributed by atoms with Crippen LogP contribution in [-0.2, 0) is 4.79 Å². The van der Waals surface area contributed by atoms with Crippen LogP contribution >= 0.6 is 0 Å². The molecule has 0 aromatic heterocycles. The zero-order valence-electron chi connectivity index (χ0n) is 20.4. The Labute approximate surface area is 218 Å². The van der Waals surface area contributed by atoms with E-state index >= 15 is 0 Å². The Morgan fingerprint density at radius 2 is 1.47 bits per heavy atom. The second-order valence-corrected chi connectivity index (χ2v) is 8.89. The lowest BCUT2D eigenvalue weighted by molar-refractivity contribution is -0.121. The molecule has 8 heteroatoms. The van der Waals surface area contributed by atoms with Gasteiger partial charge in [-0.2, -0.15) is 5.10 Å². The number of anilines is 1. The van der Waals surface area contributed by atoms with Gasteiger partial charge >= 0.3 is 0 Å². The van der Waals surface area contributed by atoms with E-state index in [-0.39, 0.29) is 18.6 Å². The highest BCUT2D eigenvalue weighted by Gasteiger charge is 2.32. The molecule has 0 bridgehead atoms. The van der Waals surface area contributed by atoms with E-state index in [0.717, 1.165) is 16.7 Å². The van der Waals surface area contributed by atoms with Crippen LogP contribution in [0.1, 0.15) is 39.9 Å². The van der Waals surface area contributed by atoms with Gasteiger partial charge in [-0.1, -0.05) is 48.5 Å². The number of ether oxygens (including phenoxy) is 3. The van der Waals surface area contributed by atoms with Crippen molar-refractivity contribution in [2.45, 2.75) is 12.8 Å². The van der Waals surface area contributed by atoms with Crippen molar-refractivity contribution in [2.24, 2.45) is 5.10 Å². The van der Waals surface area contributed by atoms with Crippen molar-refractivity contribution in [3.05, 3.63) is 113 Å². The number of hydrazone groups is 1. The van der Waals surface area contributed by atoms with E-state index in [1.165, 1.54) is 0 Å². The van der Waals surface area contributed by atoms with E-state index in [1.807, 2.05) is 60.7 Å². The molecular formula is C30H23N3O5. The molecule has 38 heavy (non-hydrogen) atoms. The number of carbonyl (C=O) groups excluding carboxylic acids is 2. The molecule has 0 spiro atoms. The maximum Gasteiger partial charge on any atom is 0.255 e. The van der Waals surface area contributed by atoms with Gasteiger partial charge in [0.2, 0.25) is 6.79 Å². The Bertz CT molecular complexity index is 1550. The summed E-state index contributed by atoms with van der Waals surface area (Å²) in [7, 11) is 0. The third-order valence-electron chi connectivity index (χ3n) is 6.45. The van der Waals surface area contributed by atoms with Gasteiger partial charge in [0.15, 0.2) is 11.5 Å². The van der Waals surface area contributed by atoms with E-state index in [2.05, 4.69) is 15.8 Å². The molecule has 0 unspecified atom stereocenters. The quantitative estimate of drug-likeness (QED) is 0.278. The number of rotatable bonds is 5. The Morgan fingerprint density at radius 3 is 2.24 bits per heavy atom. The highest BCUT2D eigenvalue weighted by atomic mass is 16.7. The van der Waals surface area contributed by atoms with Crippen LogP contribution in [0, 0.1) is 0 Å². The predicted molar refractivity (Wildman–Crippen MR) is 142 cm³/mol. The summed E-state index contributed by atoms with van der Waals surface area (Å²) < 4.78 is 16.7. The first-order valence-electron chi connectivity index (χ1n) is 12.1. The number of benzene rings is 4. The van der Waals surface area contributed by atoms with Gasteiger partial charge in [0.1, 0.15) is 11.5 Å². The summed E-state index contributed by atoms with van der Waals surface area (Å²) in [4.78, 5) is 26.1. The van der Waals surface area contributed by atoms with Crippen LogP contribution in [0.15, 0.2) is 96.1 Å². The van der Waals surface area contributed by atoms with Gasteiger partial charge < -0.3 is 19.5 Å². The summed E-state index contributed by atoms with van der Waals surface area (Å²) in [5, 5.41) is 7.26. The molecule has 2 aliphatic heterocycles. The first-order valence-corrected chi connectivity index (χ1v) is 12.1. The molecule has 2 N–H and O–H groups in total. The lowest BCUT2D eigenvalue weighted by atomic mass is 9.87. The molecule has 4 aromatic carbocycles. The maximum atomic E-state index is 13.4. The summed E-state index contributed by atoms with van der Waals surface area (Å²) in [5.41, 5.74) is 6.68. The number of hydrogen-bond donors (Lipinski definition) is 2. The minimum atomic E-state index is -0.556. The van der Waals surface area contributed by atoms with Crippen LogP contribution in [-0.4, -0.2) is 24.3 Å². The summed E-state index contributed by atoms with van der Waals surface area (Å²) in [6, 6.07) is 27.3. The van der Waals surface area contributed by atoms with Crippen LogP contribution in [0.2, 0.25) is 0 Å². The zero-order valence-corrected chi connectivity index (χ0v) is 20.4. The second-order valence-electron chi connectivity index (χ2n) is 8.89. The smallest absolute Gasteiger partial charge is 0.255 e. The third-order valence-corrected chi connectivity index (χ3v) is 6.45. The molecule has 0 saturated carbocycles. The number of carbonyl (C=O) groups is 2. The Morgan fingerprint density at radius 1 is 0.763 bits per heavy atom. The van der Waals surface area contributed by atoms with Crippen LogP contribution < -0.4 is 25.0 Å². The largest absolute Gasteiger partial charge is 0.457 e. The fourth-order valence-corrected chi connectivity index (χ4v) is 4.52. The third kappa shape index (κ3) is 4.43. The topological polar surface area (TPSA) is 98.2 Å². The monoisotopic (exact) mass is 505 g/mol. The van der Waals surface area contributed by atoms with Crippen molar-refractivity contribution < 1.29 is 23.8 Å². The normalized spacial score (nSPS) is 13.7. The number of hydrogen-bond acceptors (Lipinski definition) is 6. The van der Waals surface area contributed by atoms with Gasteiger partial charge in [-0.3, -0.25) is 9.59 Å². The number of amides is 2. The Balaban J connectivity index is 1.18. The molecule has 0 fully saturated rings.